The van der Waals surface area contributed by atoms with Gasteiger partial charge in [0.15, 0.2) is 5.85 Å². The number of unbranched alkanes of at least 4 members (excludes halogenated alkanes) is 2. The molecule has 0 bridgehead atoms. The van der Waals surface area contributed by atoms with E-state index in [4.69, 9.17) is 0 Å². The first kappa shape index (κ1) is 13.1. The molecule has 0 aliphatic heterocycles. The van der Waals surface area contributed by atoms with Crippen LogP contribution in [0, 0.1) is 0 Å². The minimum absolute atomic E-state index is 0.465. The predicted octanol–water partition coefficient (Wildman–Crippen LogP) is 2.37. The fourth-order valence-electron chi connectivity index (χ4n) is 1.05. The molecule has 0 fully saturated rings. The lowest BCUT2D eigenvalue weighted by Crippen LogP contribution is -2.10. The number of aliphatic hydroxyl groups excluding tert-OH is 1. The van der Waals surface area contributed by atoms with E-state index in [1.807, 2.05) is 0 Å². The van der Waals surface area contributed by atoms with Crippen LogP contribution in [0.25, 0.3) is 0 Å². The van der Waals surface area contributed by atoms with Crippen molar-refractivity contribution in [2.45, 2.75) is 38.5 Å². The molecule has 0 amide bonds. The van der Waals surface area contributed by atoms with Gasteiger partial charge in [-0.3, -0.25) is 4.57 Å². The van der Waals surface area contributed by atoms with Crippen molar-refractivity contribution < 1.29 is 18.7 Å². The predicted molar refractivity (Wildman–Crippen MR) is 51.8 cm³/mol. The summed E-state index contributed by atoms with van der Waals surface area (Å²) in [4.78, 5) is 0. The fraction of sp³-hybridized carbons (Fsp3) is 1.00. The molecule has 0 rings (SSSR count). The van der Waals surface area contributed by atoms with Gasteiger partial charge in [-0.1, -0.05) is 26.2 Å². The summed E-state index contributed by atoms with van der Waals surface area (Å²) in [5.74, 6) is -0.992. The summed E-state index contributed by atoms with van der Waals surface area (Å²) in [7, 11) is -0.687. The van der Waals surface area contributed by atoms with E-state index in [9.17, 15) is 9.67 Å². The first-order valence-corrected chi connectivity index (χ1v) is 6.11. The van der Waals surface area contributed by atoms with E-state index >= 15 is 0 Å². The SMILES string of the molecule is CCCCC[C@@H](O)P(=O)(OC)OC. The normalized spacial score (nSPS) is 14.5. The number of rotatable bonds is 7. The molecule has 0 saturated carbocycles. The molecule has 4 nitrogen and oxygen atoms in total. The van der Waals surface area contributed by atoms with Crippen LogP contribution >= 0.6 is 7.60 Å². The Morgan fingerprint density at radius 2 is 1.85 bits per heavy atom. The van der Waals surface area contributed by atoms with Crippen molar-refractivity contribution in [1.29, 1.82) is 0 Å². The zero-order chi connectivity index (χ0) is 10.3. The Balaban J connectivity index is 3.92. The van der Waals surface area contributed by atoms with E-state index in [1.165, 1.54) is 14.2 Å². The fourth-order valence-corrected chi connectivity index (χ4v) is 2.19. The molecule has 5 heteroatoms. The van der Waals surface area contributed by atoms with Gasteiger partial charge in [0.05, 0.1) is 0 Å². The first-order valence-electron chi connectivity index (χ1n) is 4.50. The van der Waals surface area contributed by atoms with Crippen molar-refractivity contribution in [3.8, 4) is 0 Å². The van der Waals surface area contributed by atoms with Gasteiger partial charge >= 0.3 is 7.60 Å². The van der Waals surface area contributed by atoms with E-state index in [0.29, 0.717) is 6.42 Å². The smallest absolute Gasteiger partial charge is 0.358 e. The lowest BCUT2D eigenvalue weighted by atomic mass is 10.2. The van der Waals surface area contributed by atoms with Crippen LogP contribution < -0.4 is 0 Å². The van der Waals surface area contributed by atoms with Gasteiger partial charge in [0.1, 0.15) is 0 Å². The highest BCUT2D eigenvalue weighted by Gasteiger charge is 2.31. The lowest BCUT2D eigenvalue weighted by Gasteiger charge is -2.19. The maximum atomic E-state index is 11.6. The Kier molecular flexibility index (Phi) is 6.60. The summed E-state index contributed by atoms with van der Waals surface area (Å²) in [5.41, 5.74) is 0. The summed E-state index contributed by atoms with van der Waals surface area (Å²) in [6, 6.07) is 0. The molecule has 0 saturated heterocycles. The third kappa shape index (κ3) is 4.23. The molecule has 0 aromatic heterocycles. The van der Waals surface area contributed by atoms with Gasteiger partial charge in [-0.05, 0) is 6.42 Å². The third-order valence-electron chi connectivity index (χ3n) is 1.94. The summed E-state index contributed by atoms with van der Waals surface area (Å²) in [6.45, 7) is 2.07. The van der Waals surface area contributed by atoms with Crippen LogP contribution in [0.15, 0.2) is 0 Å². The Morgan fingerprint density at radius 1 is 1.31 bits per heavy atom. The second-order valence-corrected chi connectivity index (χ2v) is 5.29. The van der Waals surface area contributed by atoms with E-state index in [2.05, 4.69) is 16.0 Å². The van der Waals surface area contributed by atoms with Crippen LogP contribution in [-0.4, -0.2) is 25.2 Å². The molecule has 0 aliphatic rings. The van der Waals surface area contributed by atoms with Gasteiger partial charge in [-0.2, -0.15) is 0 Å². The number of hydrogen-bond acceptors (Lipinski definition) is 4. The van der Waals surface area contributed by atoms with Gasteiger partial charge in [-0.25, -0.2) is 0 Å². The maximum Gasteiger partial charge on any atom is 0.358 e. The highest BCUT2D eigenvalue weighted by Crippen LogP contribution is 2.51. The molecule has 0 spiro atoms. The van der Waals surface area contributed by atoms with Gasteiger partial charge in [0.2, 0.25) is 0 Å². The summed E-state index contributed by atoms with van der Waals surface area (Å²) in [5, 5.41) is 9.48. The van der Waals surface area contributed by atoms with Crippen molar-refractivity contribution in [3.63, 3.8) is 0 Å². The highest BCUT2D eigenvalue weighted by atomic mass is 31.2. The Labute approximate surface area is 79.8 Å². The number of aliphatic hydroxyl groups is 1. The molecule has 0 aliphatic carbocycles. The van der Waals surface area contributed by atoms with Gasteiger partial charge in [-0.15, -0.1) is 0 Å². The van der Waals surface area contributed by atoms with Crippen LogP contribution in [-0.2, 0) is 13.6 Å². The highest BCUT2D eigenvalue weighted by molar-refractivity contribution is 7.54. The number of hydrogen-bond donors (Lipinski definition) is 1. The van der Waals surface area contributed by atoms with Crippen molar-refractivity contribution in [2.75, 3.05) is 14.2 Å². The average Bonchev–Trinajstić information content (AvgIpc) is 2.17. The maximum absolute atomic E-state index is 11.6. The second kappa shape index (κ2) is 6.55. The van der Waals surface area contributed by atoms with Crippen LogP contribution in [0.2, 0.25) is 0 Å². The zero-order valence-corrected chi connectivity index (χ0v) is 9.42. The summed E-state index contributed by atoms with van der Waals surface area (Å²) >= 11 is 0. The molecule has 1 N–H and O–H groups in total. The Hall–Kier alpha value is 0.110. The summed E-state index contributed by atoms with van der Waals surface area (Å²) in [6.07, 6.45) is 3.39. The second-order valence-electron chi connectivity index (χ2n) is 2.88. The van der Waals surface area contributed by atoms with E-state index in [-0.39, 0.29) is 0 Å². The molecule has 0 radical (unpaired) electrons. The minimum atomic E-state index is -3.26. The van der Waals surface area contributed by atoms with Gasteiger partial charge in [0.25, 0.3) is 0 Å². The van der Waals surface area contributed by atoms with E-state index < -0.39 is 13.4 Å². The molecule has 0 unspecified atom stereocenters. The average molecular weight is 210 g/mol. The van der Waals surface area contributed by atoms with Crippen LogP contribution in [0.5, 0.6) is 0 Å². The van der Waals surface area contributed by atoms with E-state index in [0.717, 1.165) is 19.3 Å². The quantitative estimate of drug-likeness (QED) is 0.517. The topological polar surface area (TPSA) is 55.8 Å². The zero-order valence-electron chi connectivity index (χ0n) is 8.52. The van der Waals surface area contributed by atoms with Crippen LogP contribution in [0.1, 0.15) is 32.6 Å². The molecule has 1 atom stereocenters. The molecule has 0 heterocycles. The van der Waals surface area contributed by atoms with E-state index in [1.54, 1.807) is 0 Å². The first-order chi connectivity index (χ1) is 6.10. The van der Waals surface area contributed by atoms with Crippen LogP contribution in [0.3, 0.4) is 0 Å². The largest absolute Gasteiger partial charge is 0.380 e. The van der Waals surface area contributed by atoms with Crippen molar-refractivity contribution in [2.24, 2.45) is 0 Å². The van der Waals surface area contributed by atoms with Crippen molar-refractivity contribution in [1.82, 2.24) is 0 Å². The molecule has 0 aromatic rings. The molecule has 13 heavy (non-hydrogen) atoms. The molecular weight excluding hydrogens is 191 g/mol. The molecule has 0 aromatic carbocycles. The third-order valence-corrected chi connectivity index (χ3v) is 3.95. The Morgan fingerprint density at radius 3 is 2.23 bits per heavy atom. The van der Waals surface area contributed by atoms with Crippen LogP contribution in [0.4, 0.5) is 0 Å². The Bertz CT molecular complexity index is 164. The standard InChI is InChI=1S/C8H19O4P/c1-4-5-6-7-8(9)13(10,11-2)12-3/h8-9H,4-7H2,1-3H3/t8-/m0/s1. The van der Waals surface area contributed by atoms with Crippen molar-refractivity contribution >= 4 is 7.60 Å². The summed E-state index contributed by atoms with van der Waals surface area (Å²) < 4.78 is 20.9. The van der Waals surface area contributed by atoms with Gasteiger partial charge in [0, 0.05) is 14.2 Å². The minimum Gasteiger partial charge on any atom is -0.380 e. The molecule has 80 valence electrons. The lowest BCUT2D eigenvalue weighted by molar-refractivity contribution is 0.165. The van der Waals surface area contributed by atoms with Crippen molar-refractivity contribution in [3.05, 3.63) is 0 Å². The monoisotopic (exact) mass is 210 g/mol. The molecular formula is C8H19O4P. The van der Waals surface area contributed by atoms with Gasteiger partial charge < -0.3 is 14.2 Å².